The van der Waals surface area contributed by atoms with Crippen LogP contribution in [0.1, 0.15) is 11.3 Å². The Labute approximate surface area is 149 Å². The van der Waals surface area contributed by atoms with Crippen molar-refractivity contribution in [2.45, 2.75) is 19.0 Å². The standard InChI is InChI=1S/C18H15ClN4O2/c19-13-6-7-16-20-14(10-22(16)9-13)11-23-17(24)15(21-18(23)25)8-12-4-2-1-3-5-12/h1-7,9-10,15H,8,11H2,(H,21,25). The fourth-order valence-electron chi connectivity index (χ4n) is 2.97. The van der Waals surface area contributed by atoms with Crippen LogP contribution in [0.4, 0.5) is 4.79 Å². The number of carbonyl (C=O) groups is 2. The van der Waals surface area contributed by atoms with Crippen molar-refractivity contribution >= 4 is 29.2 Å². The molecule has 1 aliphatic rings. The van der Waals surface area contributed by atoms with Gasteiger partial charge in [0.2, 0.25) is 0 Å². The van der Waals surface area contributed by atoms with Gasteiger partial charge in [-0.25, -0.2) is 9.78 Å². The van der Waals surface area contributed by atoms with Crippen LogP contribution in [0.25, 0.3) is 5.65 Å². The Hall–Kier alpha value is -2.86. The number of pyridine rings is 1. The molecule has 0 spiro atoms. The average Bonchev–Trinajstić information content (AvgIpc) is 3.11. The molecule has 6 nitrogen and oxygen atoms in total. The van der Waals surface area contributed by atoms with E-state index in [1.54, 1.807) is 28.9 Å². The van der Waals surface area contributed by atoms with Gasteiger partial charge in [-0.2, -0.15) is 0 Å². The maximum absolute atomic E-state index is 12.6. The van der Waals surface area contributed by atoms with Gasteiger partial charge in [0, 0.05) is 18.8 Å². The van der Waals surface area contributed by atoms with Crippen LogP contribution in [0, 0.1) is 0 Å². The predicted octanol–water partition coefficient (Wildman–Crippen LogP) is 2.65. The summed E-state index contributed by atoms with van der Waals surface area (Å²) in [5, 5.41) is 3.34. The highest BCUT2D eigenvalue weighted by molar-refractivity contribution is 6.30. The van der Waals surface area contributed by atoms with Gasteiger partial charge in [-0.3, -0.25) is 9.69 Å². The number of carbonyl (C=O) groups excluding carboxylic acids is 2. The number of benzene rings is 1. The highest BCUT2D eigenvalue weighted by Gasteiger charge is 2.38. The molecule has 1 aliphatic heterocycles. The summed E-state index contributed by atoms with van der Waals surface area (Å²) < 4.78 is 1.78. The van der Waals surface area contributed by atoms with Gasteiger partial charge in [-0.15, -0.1) is 0 Å². The molecule has 0 radical (unpaired) electrons. The lowest BCUT2D eigenvalue weighted by Crippen LogP contribution is -2.32. The number of nitrogens with zero attached hydrogens (tertiary/aromatic N) is 3. The second-order valence-corrected chi connectivity index (χ2v) is 6.40. The van der Waals surface area contributed by atoms with Crippen LogP contribution in [0.3, 0.4) is 0 Å². The van der Waals surface area contributed by atoms with E-state index in [2.05, 4.69) is 10.3 Å². The minimum Gasteiger partial charge on any atom is -0.325 e. The van der Waals surface area contributed by atoms with Crippen LogP contribution >= 0.6 is 11.6 Å². The van der Waals surface area contributed by atoms with Crippen LogP contribution in [-0.2, 0) is 17.8 Å². The summed E-state index contributed by atoms with van der Waals surface area (Å²) >= 11 is 5.96. The minimum atomic E-state index is -0.540. The van der Waals surface area contributed by atoms with E-state index in [0.29, 0.717) is 22.8 Å². The van der Waals surface area contributed by atoms with Gasteiger partial charge in [-0.05, 0) is 17.7 Å². The van der Waals surface area contributed by atoms with Crippen LogP contribution in [0.15, 0.2) is 54.9 Å². The van der Waals surface area contributed by atoms with Gasteiger partial charge >= 0.3 is 6.03 Å². The molecule has 4 rings (SSSR count). The van der Waals surface area contributed by atoms with Gasteiger partial charge in [0.15, 0.2) is 0 Å². The van der Waals surface area contributed by atoms with Gasteiger partial charge in [0.25, 0.3) is 5.91 Å². The van der Waals surface area contributed by atoms with E-state index in [9.17, 15) is 9.59 Å². The van der Waals surface area contributed by atoms with Crippen molar-refractivity contribution in [2.24, 2.45) is 0 Å². The summed E-state index contributed by atoms with van der Waals surface area (Å²) in [7, 11) is 0. The number of hydrogen-bond acceptors (Lipinski definition) is 3. The lowest BCUT2D eigenvalue weighted by atomic mass is 10.1. The maximum atomic E-state index is 12.6. The molecule has 3 heterocycles. The van der Waals surface area contributed by atoms with E-state index in [1.807, 2.05) is 30.3 Å². The van der Waals surface area contributed by atoms with Gasteiger partial charge in [0.1, 0.15) is 11.7 Å². The van der Waals surface area contributed by atoms with Crippen LogP contribution in [0.5, 0.6) is 0 Å². The Bertz CT molecular complexity index is 954. The fourth-order valence-corrected chi connectivity index (χ4v) is 3.14. The second-order valence-electron chi connectivity index (χ2n) is 5.96. The predicted molar refractivity (Wildman–Crippen MR) is 93.2 cm³/mol. The fraction of sp³-hybridized carbons (Fsp3) is 0.167. The molecule has 25 heavy (non-hydrogen) atoms. The normalized spacial score (nSPS) is 17.3. The molecule has 7 heteroatoms. The third-order valence-corrected chi connectivity index (χ3v) is 4.40. The SMILES string of the molecule is O=C1NC(Cc2ccccc2)C(=O)N1Cc1cn2cc(Cl)ccc2n1. The summed E-state index contributed by atoms with van der Waals surface area (Å²) in [6.07, 6.45) is 3.98. The Balaban J connectivity index is 1.51. The zero-order valence-electron chi connectivity index (χ0n) is 13.2. The number of hydrogen-bond donors (Lipinski definition) is 1. The average molecular weight is 355 g/mol. The monoisotopic (exact) mass is 354 g/mol. The Morgan fingerprint density at radius 2 is 1.88 bits per heavy atom. The van der Waals surface area contributed by atoms with E-state index >= 15 is 0 Å². The first-order chi connectivity index (χ1) is 12.1. The molecule has 0 saturated carbocycles. The molecule has 0 aliphatic carbocycles. The van der Waals surface area contributed by atoms with Gasteiger partial charge < -0.3 is 9.72 Å². The first kappa shape index (κ1) is 15.7. The van der Waals surface area contributed by atoms with E-state index < -0.39 is 6.04 Å². The molecule has 0 bridgehead atoms. The first-order valence-corrected chi connectivity index (χ1v) is 8.27. The molecule has 1 N–H and O–H groups in total. The van der Waals surface area contributed by atoms with E-state index in [1.165, 1.54) is 4.90 Å². The lowest BCUT2D eigenvalue weighted by molar-refractivity contribution is -0.127. The van der Waals surface area contributed by atoms with Crippen LogP contribution in [0.2, 0.25) is 5.02 Å². The first-order valence-electron chi connectivity index (χ1n) is 7.89. The Morgan fingerprint density at radius 3 is 2.68 bits per heavy atom. The molecule has 1 atom stereocenters. The third kappa shape index (κ3) is 3.08. The number of imide groups is 1. The molecule has 1 saturated heterocycles. The Kier molecular flexibility index (Phi) is 3.89. The minimum absolute atomic E-state index is 0.134. The van der Waals surface area contributed by atoms with E-state index in [0.717, 1.165) is 5.56 Å². The number of rotatable bonds is 4. The molecule has 3 aromatic rings. The Morgan fingerprint density at radius 1 is 1.08 bits per heavy atom. The lowest BCUT2D eigenvalue weighted by Gasteiger charge is -2.11. The number of amides is 3. The highest BCUT2D eigenvalue weighted by Crippen LogP contribution is 2.17. The van der Waals surface area contributed by atoms with Crippen molar-refractivity contribution in [1.29, 1.82) is 0 Å². The number of fused-ring (bicyclic) bond motifs is 1. The van der Waals surface area contributed by atoms with Crippen molar-refractivity contribution in [2.75, 3.05) is 0 Å². The molecule has 1 unspecified atom stereocenters. The smallest absolute Gasteiger partial charge is 0.325 e. The van der Waals surface area contributed by atoms with Crippen molar-refractivity contribution in [3.8, 4) is 0 Å². The summed E-state index contributed by atoms with van der Waals surface area (Å²) in [5.74, 6) is -0.232. The van der Waals surface area contributed by atoms with Gasteiger partial charge in [0.05, 0.1) is 17.3 Å². The van der Waals surface area contributed by atoms with Gasteiger partial charge in [-0.1, -0.05) is 41.9 Å². The molecular formula is C18H15ClN4O2. The quantitative estimate of drug-likeness (QED) is 0.732. The molecule has 126 valence electrons. The topological polar surface area (TPSA) is 66.7 Å². The maximum Gasteiger partial charge on any atom is 0.325 e. The highest BCUT2D eigenvalue weighted by atomic mass is 35.5. The van der Waals surface area contributed by atoms with E-state index in [-0.39, 0.29) is 18.5 Å². The largest absolute Gasteiger partial charge is 0.325 e. The van der Waals surface area contributed by atoms with Crippen molar-refractivity contribution in [1.82, 2.24) is 19.6 Å². The number of imidazole rings is 1. The van der Waals surface area contributed by atoms with Crippen molar-refractivity contribution < 1.29 is 9.59 Å². The van der Waals surface area contributed by atoms with Crippen molar-refractivity contribution in [3.05, 3.63) is 71.1 Å². The van der Waals surface area contributed by atoms with Crippen LogP contribution < -0.4 is 5.32 Å². The molecule has 2 aromatic heterocycles. The number of halogens is 1. The number of urea groups is 1. The summed E-state index contributed by atoms with van der Waals surface area (Å²) in [4.78, 5) is 30.4. The zero-order chi connectivity index (χ0) is 17.4. The number of aromatic nitrogens is 2. The molecule has 1 fully saturated rings. The number of nitrogens with one attached hydrogen (secondary N) is 1. The molecule has 1 aromatic carbocycles. The van der Waals surface area contributed by atoms with Crippen molar-refractivity contribution in [3.63, 3.8) is 0 Å². The molecular weight excluding hydrogens is 340 g/mol. The van der Waals surface area contributed by atoms with Crippen LogP contribution in [-0.4, -0.2) is 32.3 Å². The second kappa shape index (κ2) is 6.22. The summed E-state index contributed by atoms with van der Waals surface area (Å²) in [5.41, 5.74) is 2.35. The third-order valence-electron chi connectivity index (χ3n) is 4.17. The molecule has 3 amide bonds. The zero-order valence-corrected chi connectivity index (χ0v) is 14.0. The summed E-state index contributed by atoms with van der Waals surface area (Å²) in [6, 6.07) is 12.2. The van der Waals surface area contributed by atoms with E-state index in [4.69, 9.17) is 11.6 Å². The summed E-state index contributed by atoms with van der Waals surface area (Å²) in [6.45, 7) is 0.134.